The minimum absolute atomic E-state index is 0.0523. The van der Waals surface area contributed by atoms with Crippen molar-refractivity contribution in [3.05, 3.63) is 24.8 Å². The molecule has 0 saturated carbocycles. The topological polar surface area (TPSA) is 65.0 Å². The molecule has 1 unspecified atom stereocenters. The van der Waals surface area contributed by atoms with Crippen LogP contribution < -0.4 is 0 Å². The van der Waals surface area contributed by atoms with Crippen LogP contribution in [0, 0.1) is 5.92 Å². The average molecular weight is 338 g/mol. The van der Waals surface area contributed by atoms with Crippen LogP contribution >= 0.6 is 0 Å². The molecule has 1 N–H and O–H groups in total. The fourth-order valence-corrected chi connectivity index (χ4v) is 3.73. The Morgan fingerprint density at radius 3 is 2.71 bits per heavy atom. The molecule has 0 bridgehead atoms. The molecule has 0 aromatic heterocycles. The fraction of sp³-hybridized carbons (Fsp3) is 0.737. The van der Waals surface area contributed by atoms with Crippen LogP contribution in [0.3, 0.4) is 0 Å². The Hall–Kier alpha value is -1.17. The standard InChI is InChI=1S/C19H30O5/c1-7-15-13(10-17(21)22-15)16-11-19(6,24-18(4,5)23-16)9-8-14(20)12(2)3/h7,13-16,20H,1-2,8-11H2,3-6H3/t13-,14?,15-,16-,19+/m1/s1. The van der Waals surface area contributed by atoms with Gasteiger partial charge < -0.3 is 19.3 Å². The summed E-state index contributed by atoms with van der Waals surface area (Å²) in [6.45, 7) is 15.2. The number of hydrogen-bond donors (Lipinski definition) is 1. The Bertz CT molecular complexity index is 512. The number of aliphatic hydroxyl groups is 1. The van der Waals surface area contributed by atoms with Gasteiger partial charge >= 0.3 is 5.97 Å². The lowest BCUT2D eigenvalue weighted by molar-refractivity contribution is -0.339. The minimum Gasteiger partial charge on any atom is -0.458 e. The smallest absolute Gasteiger partial charge is 0.306 e. The van der Waals surface area contributed by atoms with E-state index in [1.165, 1.54) is 0 Å². The Labute approximate surface area is 144 Å². The Kier molecular flexibility index (Phi) is 5.57. The van der Waals surface area contributed by atoms with Crippen LogP contribution in [0.1, 0.15) is 53.4 Å². The number of ether oxygens (including phenoxy) is 3. The van der Waals surface area contributed by atoms with Crippen molar-refractivity contribution in [1.82, 2.24) is 0 Å². The summed E-state index contributed by atoms with van der Waals surface area (Å²) in [6.07, 6.45) is 2.91. The van der Waals surface area contributed by atoms with Gasteiger partial charge in [-0.2, -0.15) is 0 Å². The van der Waals surface area contributed by atoms with Crippen molar-refractivity contribution in [3.8, 4) is 0 Å². The lowest BCUT2D eigenvalue weighted by Gasteiger charge is -2.48. The molecule has 0 aliphatic carbocycles. The highest BCUT2D eigenvalue weighted by molar-refractivity contribution is 5.72. The van der Waals surface area contributed by atoms with Crippen molar-refractivity contribution >= 4 is 5.97 Å². The van der Waals surface area contributed by atoms with E-state index in [2.05, 4.69) is 13.2 Å². The van der Waals surface area contributed by atoms with E-state index in [-0.39, 0.29) is 24.1 Å². The van der Waals surface area contributed by atoms with Crippen molar-refractivity contribution in [3.63, 3.8) is 0 Å². The third kappa shape index (κ3) is 4.47. The summed E-state index contributed by atoms with van der Waals surface area (Å²) in [5.41, 5.74) is 0.309. The molecule has 2 aliphatic heterocycles. The first-order valence-corrected chi connectivity index (χ1v) is 8.59. The second-order valence-corrected chi connectivity index (χ2v) is 7.77. The number of aliphatic hydroxyl groups excluding tert-OH is 1. The molecule has 2 fully saturated rings. The van der Waals surface area contributed by atoms with Gasteiger partial charge in [0.2, 0.25) is 0 Å². The van der Waals surface area contributed by atoms with E-state index in [0.29, 0.717) is 25.7 Å². The maximum Gasteiger partial charge on any atom is 0.306 e. The van der Waals surface area contributed by atoms with Gasteiger partial charge in [-0.05, 0) is 40.5 Å². The molecule has 2 aliphatic rings. The second-order valence-electron chi connectivity index (χ2n) is 7.77. The summed E-state index contributed by atoms with van der Waals surface area (Å²) in [7, 11) is 0. The first-order valence-electron chi connectivity index (χ1n) is 8.59. The lowest BCUT2D eigenvalue weighted by atomic mass is 9.82. The van der Waals surface area contributed by atoms with Gasteiger partial charge in [-0.1, -0.05) is 24.8 Å². The normalized spacial score (nSPS) is 36.9. The lowest BCUT2D eigenvalue weighted by Crippen LogP contribution is -2.53. The van der Waals surface area contributed by atoms with Crippen LogP contribution in [0.25, 0.3) is 0 Å². The summed E-state index contributed by atoms with van der Waals surface area (Å²) < 4.78 is 17.6. The van der Waals surface area contributed by atoms with Crippen LogP contribution in [-0.4, -0.2) is 40.8 Å². The second kappa shape index (κ2) is 6.98. The molecule has 2 rings (SSSR count). The van der Waals surface area contributed by atoms with Gasteiger partial charge in [0.15, 0.2) is 5.79 Å². The van der Waals surface area contributed by atoms with Gasteiger partial charge in [0.25, 0.3) is 0 Å². The first kappa shape index (κ1) is 19.2. The van der Waals surface area contributed by atoms with Crippen molar-refractivity contribution in [2.75, 3.05) is 0 Å². The predicted molar refractivity (Wildman–Crippen MR) is 91.3 cm³/mol. The zero-order chi connectivity index (χ0) is 18.1. The van der Waals surface area contributed by atoms with Crippen LogP contribution in [0.2, 0.25) is 0 Å². The summed E-state index contributed by atoms with van der Waals surface area (Å²) in [5, 5.41) is 10.0. The van der Waals surface area contributed by atoms with Crippen molar-refractivity contribution in [2.24, 2.45) is 5.92 Å². The minimum atomic E-state index is -0.761. The zero-order valence-corrected chi connectivity index (χ0v) is 15.2. The summed E-state index contributed by atoms with van der Waals surface area (Å²) in [5.74, 6) is -1.02. The van der Waals surface area contributed by atoms with Crippen LogP contribution in [0.4, 0.5) is 0 Å². The van der Waals surface area contributed by atoms with Crippen molar-refractivity contribution in [2.45, 2.75) is 83.1 Å². The Morgan fingerprint density at radius 2 is 2.12 bits per heavy atom. The number of hydrogen-bond acceptors (Lipinski definition) is 5. The third-order valence-electron chi connectivity index (χ3n) is 4.88. The highest BCUT2D eigenvalue weighted by atomic mass is 16.7. The van der Waals surface area contributed by atoms with Crippen LogP contribution in [0.5, 0.6) is 0 Å². The molecule has 5 nitrogen and oxygen atoms in total. The molecular weight excluding hydrogens is 308 g/mol. The molecule has 0 aromatic carbocycles. The predicted octanol–water partition coefficient (Wildman–Crippen LogP) is 3.12. The maximum atomic E-state index is 11.7. The van der Waals surface area contributed by atoms with Crippen molar-refractivity contribution in [1.29, 1.82) is 0 Å². The largest absolute Gasteiger partial charge is 0.458 e. The van der Waals surface area contributed by atoms with Gasteiger partial charge in [0.05, 0.1) is 24.2 Å². The number of carbonyl (C=O) groups excluding carboxylic acids is 1. The molecule has 5 heteroatoms. The molecular formula is C19H30O5. The Balaban J connectivity index is 2.12. The molecule has 2 saturated heterocycles. The fourth-order valence-electron chi connectivity index (χ4n) is 3.73. The summed E-state index contributed by atoms with van der Waals surface area (Å²) >= 11 is 0. The molecule has 5 atom stereocenters. The molecule has 0 aromatic rings. The Morgan fingerprint density at radius 1 is 1.46 bits per heavy atom. The summed E-state index contributed by atoms with van der Waals surface area (Å²) in [6, 6.07) is 0. The third-order valence-corrected chi connectivity index (χ3v) is 4.88. The average Bonchev–Trinajstić information content (AvgIpc) is 2.84. The zero-order valence-electron chi connectivity index (χ0n) is 15.2. The quantitative estimate of drug-likeness (QED) is 0.595. The van der Waals surface area contributed by atoms with Crippen molar-refractivity contribution < 1.29 is 24.1 Å². The molecule has 0 amide bonds. The van der Waals surface area contributed by atoms with Crippen LogP contribution in [-0.2, 0) is 19.0 Å². The van der Waals surface area contributed by atoms with E-state index in [9.17, 15) is 9.90 Å². The number of cyclic esters (lactones) is 1. The van der Waals surface area contributed by atoms with Crippen LogP contribution in [0.15, 0.2) is 24.8 Å². The molecule has 136 valence electrons. The van der Waals surface area contributed by atoms with Gasteiger partial charge in [0.1, 0.15) is 6.10 Å². The molecule has 2 heterocycles. The first-order chi connectivity index (χ1) is 11.1. The van der Waals surface area contributed by atoms with Gasteiger partial charge in [-0.25, -0.2) is 0 Å². The summed E-state index contributed by atoms with van der Waals surface area (Å²) in [4.78, 5) is 11.7. The number of rotatable bonds is 6. The van der Waals surface area contributed by atoms with Gasteiger partial charge in [-0.3, -0.25) is 4.79 Å². The van der Waals surface area contributed by atoms with E-state index in [1.54, 1.807) is 6.08 Å². The molecule has 0 spiro atoms. The highest BCUT2D eigenvalue weighted by Crippen LogP contribution is 2.43. The van der Waals surface area contributed by atoms with E-state index >= 15 is 0 Å². The monoisotopic (exact) mass is 338 g/mol. The molecule has 0 radical (unpaired) electrons. The van der Waals surface area contributed by atoms with E-state index < -0.39 is 17.5 Å². The van der Waals surface area contributed by atoms with E-state index in [1.807, 2.05) is 27.7 Å². The number of esters is 1. The van der Waals surface area contributed by atoms with Gasteiger partial charge in [0, 0.05) is 12.3 Å². The molecule has 24 heavy (non-hydrogen) atoms. The SMILES string of the molecule is C=C[C@H]1OC(=O)C[C@H]1[C@H]1C[C@](C)(CCC(O)C(=C)C)OC(C)(C)O1. The van der Waals surface area contributed by atoms with Gasteiger partial charge in [-0.15, -0.1) is 0 Å². The van der Waals surface area contributed by atoms with E-state index in [0.717, 1.165) is 5.57 Å². The van der Waals surface area contributed by atoms with E-state index in [4.69, 9.17) is 14.2 Å². The number of carbonyl (C=O) groups is 1. The maximum absolute atomic E-state index is 11.7. The highest BCUT2D eigenvalue weighted by Gasteiger charge is 2.49.